The lowest BCUT2D eigenvalue weighted by atomic mass is 9.76. The maximum atomic E-state index is 14.9. The second kappa shape index (κ2) is 10.8. The van der Waals surface area contributed by atoms with E-state index in [-0.39, 0.29) is 11.3 Å². The number of fused-ring (bicyclic) bond motifs is 1. The Morgan fingerprint density at radius 3 is 2.11 bits per heavy atom. The maximum absolute atomic E-state index is 14.9. The summed E-state index contributed by atoms with van der Waals surface area (Å²) in [5, 5.41) is 0.0336. The van der Waals surface area contributed by atoms with Crippen molar-refractivity contribution in [3.05, 3.63) is 82.4 Å². The summed E-state index contributed by atoms with van der Waals surface area (Å²) in [6.07, 6.45) is 3.88. The number of alkyl halides is 3. The Balaban J connectivity index is 1.46. The number of aryl methyl sites for hydroxylation is 1. The first kappa shape index (κ1) is 25.2. The molecule has 0 spiro atoms. The third kappa shape index (κ3) is 6.23. The minimum absolute atomic E-state index is 0.172. The predicted octanol–water partition coefficient (Wildman–Crippen LogP) is 9.21. The molecule has 1 saturated carbocycles. The fourth-order valence-electron chi connectivity index (χ4n) is 5.16. The Labute approximate surface area is 203 Å². The number of unbranched alkanes of at least 4 members (excludes halogenated alkanes) is 2. The number of hydrogen-bond acceptors (Lipinski definition) is 0. The first-order valence-electron chi connectivity index (χ1n) is 12.4. The maximum Gasteiger partial charge on any atom is 0.458 e. The van der Waals surface area contributed by atoms with Crippen LogP contribution in [0.5, 0.6) is 0 Å². The fraction of sp³-hybridized carbons (Fsp3) is 0.400. The lowest BCUT2D eigenvalue weighted by molar-refractivity contribution is -0.0696. The minimum atomic E-state index is -4.74. The largest absolute Gasteiger partial charge is 0.458 e. The van der Waals surface area contributed by atoms with E-state index >= 15 is 0 Å². The first-order chi connectivity index (χ1) is 16.7. The summed E-state index contributed by atoms with van der Waals surface area (Å²) in [4.78, 5) is 0. The summed E-state index contributed by atoms with van der Waals surface area (Å²) in [6, 6.07) is 14.7. The molecule has 0 radical (unpaired) electrons. The van der Waals surface area contributed by atoms with Crippen LogP contribution >= 0.6 is 0 Å². The van der Waals surface area contributed by atoms with E-state index in [0.29, 0.717) is 11.3 Å². The van der Waals surface area contributed by atoms with Crippen molar-refractivity contribution in [1.82, 2.24) is 0 Å². The molecule has 0 amide bonds. The first-order valence-corrected chi connectivity index (χ1v) is 12.4. The van der Waals surface area contributed by atoms with E-state index in [9.17, 15) is 22.0 Å². The molecule has 0 nitrogen and oxygen atoms in total. The van der Waals surface area contributed by atoms with Crippen LogP contribution in [0.1, 0.15) is 86.0 Å². The molecular formula is C30H29F5. The van der Waals surface area contributed by atoms with Gasteiger partial charge in [0.05, 0.1) is 10.9 Å². The van der Waals surface area contributed by atoms with Crippen LogP contribution in [0.15, 0.2) is 48.5 Å². The molecule has 1 aliphatic carbocycles. The van der Waals surface area contributed by atoms with Gasteiger partial charge in [-0.2, -0.15) is 13.2 Å². The highest BCUT2D eigenvalue weighted by Crippen LogP contribution is 2.41. The van der Waals surface area contributed by atoms with Crippen LogP contribution in [-0.2, 0) is 6.42 Å². The highest BCUT2D eigenvalue weighted by Gasteiger charge is 2.26. The van der Waals surface area contributed by atoms with Crippen molar-refractivity contribution in [3.8, 4) is 11.8 Å². The van der Waals surface area contributed by atoms with E-state index in [2.05, 4.69) is 31.2 Å². The van der Waals surface area contributed by atoms with Crippen molar-refractivity contribution >= 4 is 10.8 Å². The Hall–Kier alpha value is -2.87. The molecule has 0 bridgehead atoms. The number of rotatable bonds is 6. The standard InChI is InChI=1S/C30H29F5/c1-2-3-4-5-20-6-8-21(9-7-20)22-10-12-23(13-11-22)26-18-25-15-14-24(16-17-30(33,34)35)29(32)28(25)27(31)19-26/h6-9,14-15,18-19,22-23H,2-5,10-13H2,1H3. The Kier molecular flexibility index (Phi) is 7.79. The summed E-state index contributed by atoms with van der Waals surface area (Å²) in [5.74, 6) is 1.66. The van der Waals surface area contributed by atoms with Crippen LogP contribution in [-0.4, -0.2) is 6.18 Å². The molecule has 1 fully saturated rings. The van der Waals surface area contributed by atoms with Crippen LogP contribution in [0.25, 0.3) is 10.8 Å². The molecule has 0 heterocycles. The average molecular weight is 485 g/mol. The van der Waals surface area contributed by atoms with E-state index in [1.54, 1.807) is 12.0 Å². The average Bonchev–Trinajstić information content (AvgIpc) is 2.83. The molecule has 0 atom stereocenters. The van der Waals surface area contributed by atoms with Gasteiger partial charge >= 0.3 is 6.18 Å². The minimum Gasteiger partial charge on any atom is -0.206 e. The van der Waals surface area contributed by atoms with Gasteiger partial charge in [0.2, 0.25) is 0 Å². The number of halogens is 5. The summed E-state index contributed by atoms with van der Waals surface area (Å²) in [6.45, 7) is 2.21. The van der Waals surface area contributed by atoms with E-state index < -0.39 is 23.4 Å². The van der Waals surface area contributed by atoms with Gasteiger partial charge < -0.3 is 0 Å². The van der Waals surface area contributed by atoms with Crippen LogP contribution in [0.4, 0.5) is 22.0 Å². The van der Waals surface area contributed by atoms with Gasteiger partial charge in [-0.3, -0.25) is 0 Å². The molecule has 0 unspecified atom stereocenters. The summed E-state index contributed by atoms with van der Waals surface area (Å²) in [5.41, 5.74) is 3.08. The molecule has 1 aliphatic rings. The molecule has 0 aromatic heterocycles. The molecule has 3 aromatic carbocycles. The van der Waals surface area contributed by atoms with Crippen molar-refractivity contribution in [3.63, 3.8) is 0 Å². The van der Waals surface area contributed by atoms with Gasteiger partial charge in [0.1, 0.15) is 11.6 Å². The highest BCUT2D eigenvalue weighted by molar-refractivity contribution is 5.86. The van der Waals surface area contributed by atoms with E-state index in [4.69, 9.17) is 0 Å². The van der Waals surface area contributed by atoms with E-state index in [1.807, 2.05) is 0 Å². The van der Waals surface area contributed by atoms with Crippen molar-refractivity contribution < 1.29 is 22.0 Å². The zero-order valence-electron chi connectivity index (χ0n) is 19.8. The van der Waals surface area contributed by atoms with Crippen LogP contribution in [0.2, 0.25) is 0 Å². The van der Waals surface area contributed by atoms with Crippen molar-refractivity contribution in [2.75, 3.05) is 0 Å². The Morgan fingerprint density at radius 2 is 1.49 bits per heavy atom. The Bertz CT molecular complexity index is 1220. The van der Waals surface area contributed by atoms with Gasteiger partial charge in [0.25, 0.3) is 0 Å². The van der Waals surface area contributed by atoms with Gasteiger partial charge in [-0.05, 0) is 84.6 Å². The molecule has 35 heavy (non-hydrogen) atoms. The van der Waals surface area contributed by atoms with Gasteiger partial charge in [0.15, 0.2) is 0 Å². The lowest BCUT2D eigenvalue weighted by Gasteiger charge is -2.29. The topological polar surface area (TPSA) is 0 Å². The van der Waals surface area contributed by atoms with Gasteiger partial charge in [-0.15, -0.1) is 0 Å². The smallest absolute Gasteiger partial charge is 0.206 e. The molecular weight excluding hydrogens is 455 g/mol. The molecule has 0 aliphatic heterocycles. The SMILES string of the molecule is CCCCCc1ccc(C2CCC(c3cc(F)c4c(F)c(C#CC(F)(F)F)ccc4c3)CC2)cc1. The van der Waals surface area contributed by atoms with Crippen LogP contribution in [0.3, 0.4) is 0 Å². The van der Waals surface area contributed by atoms with E-state index in [1.165, 1.54) is 48.6 Å². The van der Waals surface area contributed by atoms with E-state index in [0.717, 1.165) is 43.6 Å². The second-order valence-electron chi connectivity index (χ2n) is 9.52. The van der Waals surface area contributed by atoms with Crippen molar-refractivity contribution in [1.29, 1.82) is 0 Å². The molecule has 5 heteroatoms. The summed E-state index contributed by atoms with van der Waals surface area (Å²) < 4.78 is 66.7. The second-order valence-corrected chi connectivity index (χ2v) is 9.52. The lowest BCUT2D eigenvalue weighted by Crippen LogP contribution is -2.12. The normalized spacial score (nSPS) is 18.3. The summed E-state index contributed by atoms with van der Waals surface area (Å²) >= 11 is 0. The Morgan fingerprint density at radius 1 is 0.829 bits per heavy atom. The fourth-order valence-corrected chi connectivity index (χ4v) is 5.16. The van der Waals surface area contributed by atoms with Gasteiger partial charge in [0, 0.05) is 5.92 Å². The van der Waals surface area contributed by atoms with Crippen molar-refractivity contribution in [2.45, 2.75) is 76.3 Å². The quantitative estimate of drug-likeness (QED) is 0.186. The number of benzene rings is 3. The van der Waals surface area contributed by atoms with Gasteiger partial charge in [-0.1, -0.05) is 62.1 Å². The molecule has 3 aromatic rings. The molecule has 184 valence electrons. The van der Waals surface area contributed by atoms with Gasteiger partial charge in [-0.25, -0.2) is 8.78 Å². The summed E-state index contributed by atoms with van der Waals surface area (Å²) in [7, 11) is 0. The molecule has 0 N–H and O–H groups in total. The number of hydrogen-bond donors (Lipinski definition) is 0. The highest BCUT2D eigenvalue weighted by atomic mass is 19.4. The predicted molar refractivity (Wildman–Crippen MR) is 130 cm³/mol. The monoisotopic (exact) mass is 484 g/mol. The molecule has 4 rings (SSSR count). The van der Waals surface area contributed by atoms with Crippen molar-refractivity contribution in [2.24, 2.45) is 0 Å². The van der Waals surface area contributed by atoms with Crippen LogP contribution in [0, 0.1) is 23.5 Å². The molecule has 0 saturated heterocycles. The zero-order chi connectivity index (χ0) is 25.0. The third-order valence-corrected chi connectivity index (χ3v) is 7.09. The zero-order valence-corrected chi connectivity index (χ0v) is 19.8. The van der Waals surface area contributed by atoms with Crippen LogP contribution < -0.4 is 0 Å². The third-order valence-electron chi connectivity index (χ3n) is 7.09.